The summed E-state index contributed by atoms with van der Waals surface area (Å²) in [5.41, 5.74) is 1.11. The second-order valence-corrected chi connectivity index (χ2v) is 7.52. The van der Waals surface area contributed by atoms with Crippen LogP contribution < -0.4 is 10.2 Å². The fourth-order valence-electron chi connectivity index (χ4n) is 3.58. The zero-order valence-corrected chi connectivity index (χ0v) is 17.0. The Hall–Kier alpha value is -2.90. The molecule has 148 valence electrons. The second kappa shape index (κ2) is 7.85. The van der Waals surface area contributed by atoms with Gasteiger partial charge >= 0.3 is 0 Å². The molecule has 3 aromatic rings. The number of benzene rings is 2. The largest absolute Gasteiger partial charge is 0.490 e. The van der Waals surface area contributed by atoms with Gasteiger partial charge in [0.15, 0.2) is 5.43 Å². The first-order valence-electron chi connectivity index (χ1n) is 9.07. The van der Waals surface area contributed by atoms with Crippen molar-refractivity contribution in [1.29, 1.82) is 0 Å². The van der Waals surface area contributed by atoms with Crippen LogP contribution in [0.5, 0.6) is 5.75 Å². The lowest BCUT2D eigenvalue weighted by Gasteiger charge is -2.24. The van der Waals surface area contributed by atoms with Crippen molar-refractivity contribution in [2.75, 3.05) is 19.8 Å². The molecule has 0 radical (unpaired) electrons. The third-order valence-electron chi connectivity index (χ3n) is 4.83. The molecule has 0 fully saturated rings. The van der Waals surface area contributed by atoms with Crippen LogP contribution in [0.25, 0.3) is 11.0 Å². The zero-order valence-electron chi connectivity index (χ0n) is 15.4. The van der Waals surface area contributed by atoms with Crippen LogP contribution in [0.1, 0.15) is 27.7 Å². The second-order valence-electron chi connectivity index (χ2n) is 6.61. The lowest BCUT2D eigenvalue weighted by atomic mass is 9.98. The van der Waals surface area contributed by atoms with Crippen LogP contribution in [0.2, 0.25) is 0 Å². The molecule has 2 aromatic carbocycles. The molecule has 1 aromatic heterocycles. The van der Waals surface area contributed by atoms with E-state index in [1.165, 1.54) is 4.90 Å². The zero-order chi connectivity index (χ0) is 20.5. The van der Waals surface area contributed by atoms with Gasteiger partial charge < -0.3 is 19.2 Å². The summed E-state index contributed by atoms with van der Waals surface area (Å²) in [6.07, 6.45) is 1.65. The smallest absolute Gasteiger partial charge is 0.290 e. The monoisotopic (exact) mass is 455 g/mol. The van der Waals surface area contributed by atoms with Crippen molar-refractivity contribution in [2.45, 2.75) is 6.04 Å². The molecular weight excluding hydrogens is 438 g/mol. The number of rotatable bonds is 6. The molecule has 1 atom stereocenters. The van der Waals surface area contributed by atoms with E-state index in [-0.39, 0.29) is 29.9 Å². The van der Waals surface area contributed by atoms with E-state index in [1.807, 2.05) is 0 Å². The van der Waals surface area contributed by atoms with Gasteiger partial charge in [-0.2, -0.15) is 0 Å². The van der Waals surface area contributed by atoms with Gasteiger partial charge in [-0.15, -0.1) is 0 Å². The minimum atomic E-state index is -0.641. The number of hydrogen-bond donors (Lipinski definition) is 1. The maximum atomic E-state index is 13.3. The van der Waals surface area contributed by atoms with E-state index < -0.39 is 11.9 Å². The van der Waals surface area contributed by atoms with Gasteiger partial charge in [-0.25, -0.2) is 0 Å². The molecular formula is C22H18BrNO5. The molecule has 1 unspecified atom stereocenters. The molecule has 1 N–H and O–H groups in total. The third kappa shape index (κ3) is 3.36. The van der Waals surface area contributed by atoms with Gasteiger partial charge in [0.05, 0.1) is 23.6 Å². The SMILES string of the molecule is C=CCOc1ccc(C2c3c(oc4ccc(Br)cc4c3=O)C(=O)N2CCO)cc1. The summed E-state index contributed by atoms with van der Waals surface area (Å²) in [4.78, 5) is 27.7. The van der Waals surface area contributed by atoms with Crippen LogP contribution in [-0.2, 0) is 0 Å². The number of carbonyl (C=O) groups excluding carboxylic acids is 1. The molecule has 29 heavy (non-hydrogen) atoms. The number of β-amino-alcohol motifs (C(OH)–C–C–N with tert-alkyl or cyclic N) is 1. The van der Waals surface area contributed by atoms with Crippen molar-refractivity contribution in [2.24, 2.45) is 0 Å². The highest BCUT2D eigenvalue weighted by Crippen LogP contribution is 2.38. The topological polar surface area (TPSA) is 80.0 Å². The number of hydrogen-bond acceptors (Lipinski definition) is 5. The van der Waals surface area contributed by atoms with Gasteiger partial charge in [-0.05, 0) is 35.9 Å². The van der Waals surface area contributed by atoms with Gasteiger partial charge in [0.25, 0.3) is 5.91 Å². The summed E-state index contributed by atoms with van der Waals surface area (Å²) in [6, 6.07) is 11.6. The van der Waals surface area contributed by atoms with Crippen LogP contribution in [0.15, 0.2) is 68.8 Å². The Kier molecular flexibility index (Phi) is 5.25. The Morgan fingerprint density at radius 1 is 1.21 bits per heavy atom. The highest BCUT2D eigenvalue weighted by Gasteiger charge is 2.42. The van der Waals surface area contributed by atoms with Gasteiger partial charge in [0.1, 0.15) is 17.9 Å². The first-order chi connectivity index (χ1) is 14.0. The van der Waals surface area contributed by atoms with Crippen molar-refractivity contribution in [3.8, 4) is 5.75 Å². The molecule has 6 nitrogen and oxygen atoms in total. The third-order valence-corrected chi connectivity index (χ3v) is 5.33. The van der Waals surface area contributed by atoms with Crippen molar-refractivity contribution < 1.29 is 19.1 Å². The van der Waals surface area contributed by atoms with E-state index >= 15 is 0 Å². The highest BCUT2D eigenvalue weighted by atomic mass is 79.9. The number of aliphatic hydroxyl groups excluding tert-OH is 1. The van der Waals surface area contributed by atoms with Gasteiger partial charge in [0, 0.05) is 11.0 Å². The van der Waals surface area contributed by atoms with Crippen LogP contribution in [-0.4, -0.2) is 35.7 Å². The van der Waals surface area contributed by atoms with E-state index in [0.717, 1.165) is 10.0 Å². The van der Waals surface area contributed by atoms with Crippen molar-refractivity contribution in [3.63, 3.8) is 0 Å². The minimum Gasteiger partial charge on any atom is -0.490 e. The maximum absolute atomic E-state index is 13.3. The fourth-order valence-corrected chi connectivity index (χ4v) is 3.94. The first-order valence-corrected chi connectivity index (χ1v) is 9.86. The molecule has 4 rings (SSSR count). The van der Waals surface area contributed by atoms with Crippen molar-refractivity contribution in [1.82, 2.24) is 4.90 Å². The number of nitrogens with zero attached hydrogens (tertiary/aromatic N) is 1. The van der Waals surface area contributed by atoms with Crippen LogP contribution >= 0.6 is 15.9 Å². The Labute approximate surface area is 175 Å². The molecule has 1 amide bonds. The lowest BCUT2D eigenvalue weighted by molar-refractivity contribution is 0.0691. The normalized spacial score (nSPS) is 15.6. The van der Waals surface area contributed by atoms with E-state index in [2.05, 4.69) is 22.5 Å². The number of fused-ring (bicyclic) bond motifs is 2. The predicted molar refractivity (Wildman–Crippen MR) is 112 cm³/mol. The standard InChI is InChI=1S/C22H18BrNO5/c1-2-11-28-15-6-3-13(4-7-15)19-18-20(26)16-12-14(23)5-8-17(16)29-21(18)22(27)24(19)9-10-25/h2-8,12,19,25H,1,9-11H2. The molecule has 0 saturated heterocycles. The summed E-state index contributed by atoms with van der Waals surface area (Å²) < 4.78 is 12.1. The number of halogens is 1. The quantitative estimate of drug-likeness (QED) is 0.573. The number of aliphatic hydroxyl groups is 1. The summed E-state index contributed by atoms with van der Waals surface area (Å²) in [7, 11) is 0. The van der Waals surface area contributed by atoms with Crippen LogP contribution in [0.3, 0.4) is 0 Å². The van der Waals surface area contributed by atoms with Crippen molar-refractivity contribution >= 4 is 32.8 Å². The Balaban J connectivity index is 1.88. The van der Waals surface area contributed by atoms with E-state index in [1.54, 1.807) is 48.5 Å². The number of ether oxygens (including phenoxy) is 1. The molecule has 1 aliphatic rings. The fraction of sp³-hybridized carbons (Fsp3) is 0.182. The van der Waals surface area contributed by atoms with Gasteiger partial charge in [0.2, 0.25) is 5.76 Å². The van der Waals surface area contributed by atoms with Gasteiger partial charge in [-0.3, -0.25) is 9.59 Å². The summed E-state index contributed by atoms with van der Waals surface area (Å²) >= 11 is 3.37. The molecule has 0 bridgehead atoms. The Morgan fingerprint density at radius 3 is 2.66 bits per heavy atom. The molecule has 2 heterocycles. The van der Waals surface area contributed by atoms with Gasteiger partial charge in [-0.1, -0.05) is 40.7 Å². The predicted octanol–water partition coefficient (Wildman–Crippen LogP) is 3.66. The number of carbonyl (C=O) groups is 1. The van der Waals surface area contributed by atoms with Crippen molar-refractivity contribution in [3.05, 3.63) is 86.7 Å². The highest BCUT2D eigenvalue weighted by molar-refractivity contribution is 9.10. The number of amides is 1. The minimum absolute atomic E-state index is 0.0234. The molecule has 1 aliphatic heterocycles. The molecule has 0 saturated carbocycles. The molecule has 7 heteroatoms. The summed E-state index contributed by atoms with van der Waals surface area (Å²) in [5.74, 6) is 0.268. The Bertz CT molecular complexity index is 1150. The van der Waals surface area contributed by atoms with E-state index in [4.69, 9.17) is 9.15 Å². The Morgan fingerprint density at radius 2 is 1.97 bits per heavy atom. The maximum Gasteiger partial charge on any atom is 0.290 e. The average molecular weight is 456 g/mol. The first kappa shape index (κ1) is 19.4. The van der Waals surface area contributed by atoms with E-state index in [0.29, 0.717) is 23.3 Å². The lowest BCUT2D eigenvalue weighted by Crippen LogP contribution is -2.32. The summed E-state index contributed by atoms with van der Waals surface area (Å²) in [5, 5.41) is 9.88. The van der Waals surface area contributed by atoms with E-state index in [9.17, 15) is 14.7 Å². The van der Waals surface area contributed by atoms with Crippen LogP contribution in [0, 0.1) is 0 Å². The average Bonchev–Trinajstić information content (AvgIpc) is 3.00. The molecule has 0 spiro atoms. The molecule has 0 aliphatic carbocycles. The summed E-state index contributed by atoms with van der Waals surface area (Å²) in [6.45, 7) is 3.86. The van der Waals surface area contributed by atoms with Crippen LogP contribution in [0.4, 0.5) is 0 Å².